The topological polar surface area (TPSA) is 52.6 Å². The van der Waals surface area contributed by atoms with Gasteiger partial charge in [-0.25, -0.2) is 14.0 Å². The monoisotopic (exact) mass is 638 g/mol. The van der Waals surface area contributed by atoms with Crippen LogP contribution in [0.25, 0.3) is 0 Å². The molecule has 42 heavy (non-hydrogen) atoms. The van der Waals surface area contributed by atoms with Gasteiger partial charge in [-0.1, -0.05) is 13.2 Å². The number of carbonyl (C=O) groups is 2. The molecule has 0 amide bonds. The highest BCUT2D eigenvalue weighted by atomic mass is 19.4. The van der Waals surface area contributed by atoms with E-state index >= 15 is 0 Å². The summed E-state index contributed by atoms with van der Waals surface area (Å²) in [6.45, 7) is 6.08. The fraction of sp³-hybridized carbons (Fsp3) is 0.760. The van der Waals surface area contributed by atoms with E-state index in [-0.39, 0.29) is 12.1 Å². The number of hydrogen-bond acceptors (Lipinski definition) is 4. The molecular weight excluding hydrogens is 611 g/mol. The van der Waals surface area contributed by atoms with E-state index in [1.165, 1.54) is 38.2 Å². The Morgan fingerprint density at radius 2 is 1.17 bits per heavy atom. The molecule has 0 aromatic heterocycles. The normalized spacial score (nSPS) is 27.0. The molecule has 4 rings (SSSR count). The first-order valence-electron chi connectivity index (χ1n) is 12.4. The second kappa shape index (κ2) is 11.5. The fourth-order valence-electron chi connectivity index (χ4n) is 5.55. The lowest BCUT2D eigenvalue weighted by atomic mass is 9.55. The molecule has 0 radical (unpaired) electrons. The number of halogens is 13. The van der Waals surface area contributed by atoms with E-state index in [0.29, 0.717) is 18.8 Å². The van der Waals surface area contributed by atoms with Crippen molar-refractivity contribution in [3.05, 3.63) is 24.8 Å². The lowest BCUT2D eigenvalue weighted by molar-refractivity contribution is -0.452. The summed E-state index contributed by atoms with van der Waals surface area (Å²) in [6.07, 6.45) is -3.02. The Morgan fingerprint density at radius 1 is 0.762 bits per heavy atom. The lowest BCUT2D eigenvalue weighted by Gasteiger charge is -2.53. The summed E-state index contributed by atoms with van der Waals surface area (Å²) in [5.41, 5.74) is -1.12. The van der Waals surface area contributed by atoms with Crippen molar-refractivity contribution in [2.45, 2.75) is 93.9 Å². The Hall–Kier alpha value is -2.49. The zero-order valence-corrected chi connectivity index (χ0v) is 22.0. The van der Waals surface area contributed by atoms with Gasteiger partial charge < -0.3 is 9.47 Å². The highest BCUT2D eigenvalue weighted by Crippen LogP contribution is 2.61. The molecule has 4 aliphatic rings. The van der Waals surface area contributed by atoms with Crippen molar-refractivity contribution < 1.29 is 76.1 Å². The van der Waals surface area contributed by atoms with E-state index in [2.05, 4.69) is 17.9 Å². The third kappa shape index (κ3) is 5.97. The van der Waals surface area contributed by atoms with Gasteiger partial charge in [0, 0.05) is 11.6 Å². The Morgan fingerprint density at radius 3 is 1.52 bits per heavy atom. The Balaban J connectivity index is 0.000000339. The number of esters is 2. The van der Waals surface area contributed by atoms with E-state index < -0.39 is 60.4 Å². The van der Waals surface area contributed by atoms with Gasteiger partial charge in [0.2, 0.25) is 0 Å². The molecule has 0 aromatic carbocycles. The molecular formula is C25H27F13O4. The van der Waals surface area contributed by atoms with Crippen LogP contribution in [0.1, 0.15) is 46.0 Å². The second-order valence-corrected chi connectivity index (χ2v) is 10.8. The van der Waals surface area contributed by atoms with Crippen molar-refractivity contribution in [3.63, 3.8) is 0 Å². The fourth-order valence-corrected chi connectivity index (χ4v) is 5.55. The van der Waals surface area contributed by atoms with Crippen LogP contribution >= 0.6 is 0 Å². The van der Waals surface area contributed by atoms with Gasteiger partial charge >= 0.3 is 47.7 Å². The number of rotatable bonds is 10. The Labute approximate surface area is 231 Å². The molecule has 0 saturated heterocycles. The molecule has 4 nitrogen and oxygen atoms in total. The second-order valence-electron chi connectivity index (χ2n) is 10.8. The van der Waals surface area contributed by atoms with Crippen LogP contribution in [0.4, 0.5) is 57.1 Å². The summed E-state index contributed by atoms with van der Waals surface area (Å²) in [7, 11) is 0. The zero-order valence-electron chi connectivity index (χ0n) is 22.0. The average molecular weight is 638 g/mol. The molecule has 1 unspecified atom stereocenters. The van der Waals surface area contributed by atoms with Crippen LogP contribution in [0, 0.1) is 23.7 Å². The van der Waals surface area contributed by atoms with E-state index in [0.717, 1.165) is 11.8 Å². The summed E-state index contributed by atoms with van der Waals surface area (Å²) in [5.74, 6) is -37.3. The van der Waals surface area contributed by atoms with Crippen LogP contribution in [0.5, 0.6) is 0 Å². The first kappa shape index (κ1) is 35.7. The van der Waals surface area contributed by atoms with Crippen molar-refractivity contribution >= 4 is 11.9 Å². The quantitative estimate of drug-likeness (QED) is 0.139. The Kier molecular flexibility index (Phi) is 9.81. The summed E-state index contributed by atoms with van der Waals surface area (Å²) in [5, 5.41) is 0. The highest BCUT2D eigenvalue weighted by Gasteiger charge is 2.91. The number of alkyl halides is 13. The minimum absolute atomic E-state index is 0.211. The standard InChI is InChI=1S/C13H18O2.C12H9F13O2/c1-2-12(14)15-13-10-4-8-3-9(6-10)7-11(13)5-8;1-4(2)6(26)27-12(24,25)11(22,23)10(20,21)9(18,19)8(16,17)7(14,15)5(3)13/h2,8-11,13H,1,3-7H2;5H,1H2,2-3H3. The number of carbonyl (C=O) groups excluding carboxylic acids is 2. The zero-order chi connectivity index (χ0) is 32.9. The van der Waals surface area contributed by atoms with Crippen LogP contribution in [-0.2, 0) is 19.1 Å². The van der Waals surface area contributed by atoms with Gasteiger partial charge in [0.1, 0.15) is 6.10 Å². The molecule has 0 N–H and O–H groups in total. The van der Waals surface area contributed by atoms with E-state index in [4.69, 9.17) is 4.74 Å². The summed E-state index contributed by atoms with van der Waals surface area (Å²) in [4.78, 5) is 22.0. The van der Waals surface area contributed by atoms with Crippen molar-refractivity contribution in [1.29, 1.82) is 0 Å². The largest absolute Gasteiger partial charge is 0.473 e. The Bertz CT molecular complexity index is 1030. The average Bonchev–Trinajstić information content (AvgIpc) is 2.84. The van der Waals surface area contributed by atoms with Crippen molar-refractivity contribution in [3.8, 4) is 0 Å². The molecule has 4 saturated carbocycles. The number of ether oxygens (including phenoxy) is 2. The van der Waals surface area contributed by atoms with Gasteiger partial charge in [-0.3, -0.25) is 0 Å². The smallest absolute Gasteiger partial charge is 0.459 e. The minimum atomic E-state index is -7.94. The molecule has 17 heteroatoms. The molecule has 0 spiro atoms. The van der Waals surface area contributed by atoms with E-state index in [9.17, 15) is 66.7 Å². The van der Waals surface area contributed by atoms with Crippen LogP contribution in [0.2, 0.25) is 0 Å². The summed E-state index contributed by atoms with van der Waals surface area (Å²) < 4.78 is 178. The van der Waals surface area contributed by atoms with Crippen LogP contribution in [0.15, 0.2) is 24.8 Å². The van der Waals surface area contributed by atoms with E-state index in [1.54, 1.807) is 0 Å². The van der Waals surface area contributed by atoms with Crippen molar-refractivity contribution in [1.82, 2.24) is 0 Å². The van der Waals surface area contributed by atoms with Gasteiger partial charge in [0.25, 0.3) is 0 Å². The molecule has 4 fully saturated rings. The van der Waals surface area contributed by atoms with Gasteiger partial charge in [-0.15, -0.1) is 0 Å². The molecule has 0 heterocycles. The summed E-state index contributed by atoms with van der Waals surface area (Å²) >= 11 is 0. The lowest BCUT2D eigenvalue weighted by Crippen LogP contribution is -2.72. The molecule has 4 bridgehead atoms. The maximum atomic E-state index is 13.3. The maximum Gasteiger partial charge on any atom is 0.473 e. The van der Waals surface area contributed by atoms with Crippen molar-refractivity contribution in [2.75, 3.05) is 0 Å². The molecule has 4 aliphatic carbocycles. The maximum absolute atomic E-state index is 13.3. The van der Waals surface area contributed by atoms with Crippen LogP contribution in [0.3, 0.4) is 0 Å². The van der Waals surface area contributed by atoms with Crippen LogP contribution < -0.4 is 0 Å². The third-order valence-corrected chi connectivity index (χ3v) is 7.60. The molecule has 242 valence electrons. The van der Waals surface area contributed by atoms with E-state index in [1.807, 2.05) is 0 Å². The number of hydrogen-bond donors (Lipinski definition) is 0. The van der Waals surface area contributed by atoms with Crippen LogP contribution in [-0.4, -0.2) is 59.9 Å². The van der Waals surface area contributed by atoms with Gasteiger partial charge in [0.15, 0.2) is 6.17 Å². The van der Waals surface area contributed by atoms with Gasteiger partial charge in [0.05, 0.1) is 0 Å². The molecule has 0 aromatic rings. The van der Waals surface area contributed by atoms with Gasteiger partial charge in [-0.2, -0.15) is 52.7 Å². The predicted octanol–water partition coefficient (Wildman–Crippen LogP) is 7.77. The minimum Gasteiger partial charge on any atom is -0.459 e. The SMILES string of the molecule is C=C(C)C(=O)OC(F)(F)C(F)(F)C(F)(F)C(F)(F)C(F)(F)C(F)(F)C(C)F.C=CC(=O)OC1C2CC3CC(C2)CC1C3. The third-order valence-electron chi connectivity index (χ3n) is 7.60. The van der Waals surface area contributed by atoms with Crippen molar-refractivity contribution in [2.24, 2.45) is 23.7 Å². The highest BCUT2D eigenvalue weighted by molar-refractivity contribution is 5.87. The van der Waals surface area contributed by atoms with Gasteiger partial charge in [-0.05, 0) is 69.6 Å². The molecule has 1 atom stereocenters. The molecule has 0 aliphatic heterocycles. The predicted molar refractivity (Wildman–Crippen MR) is 118 cm³/mol. The first-order chi connectivity index (χ1) is 18.8. The first-order valence-corrected chi connectivity index (χ1v) is 12.4. The summed E-state index contributed by atoms with van der Waals surface area (Å²) in [6, 6.07) is 0.